The third-order valence-corrected chi connectivity index (χ3v) is 7.00. The van der Waals surface area contributed by atoms with Crippen LogP contribution in [0.3, 0.4) is 0 Å². The highest BCUT2D eigenvalue weighted by molar-refractivity contribution is 9.10. The predicted octanol–water partition coefficient (Wildman–Crippen LogP) is 4.87. The molecule has 0 aliphatic rings. The maximum absolute atomic E-state index is 13.9. The molecule has 0 bridgehead atoms. The van der Waals surface area contributed by atoms with Crippen molar-refractivity contribution in [2.45, 2.75) is 39.1 Å². The first kappa shape index (κ1) is 20.5. The summed E-state index contributed by atoms with van der Waals surface area (Å²) in [5.41, 5.74) is 3.70. The standard InChI is InChI=1S/C20H21BrFN3O2S/c1-12-9-13(2)15(4)19(14(12)3)28(26,27)24-20-17(21)11-25(23-20)10-16-7-5-6-8-18(16)22/h5-9,11H,10H2,1-4H3,(H,23,24). The lowest BCUT2D eigenvalue weighted by molar-refractivity contribution is 0.585. The zero-order valence-electron chi connectivity index (χ0n) is 16.0. The molecule has 0 spiro atoms. The first-order valence-electron chi connectivity index (χ1n) is 8.66. The zero-order valence-corrected chi connectivity index (χ0v) is 18.4. The van der Waals surface area contributed by atoms with E-state index in [0.29, 0.717) is 21.2 Å². The number of nitrogens with one attached hydrogen (secondary N) is 1. The Hall–Kier alpha value is -2.19. The smallest absolute Gasteiger partial charge is 0.263 e. The van der Waals surface area contributed by atoms with Gasteiger partial charge in [0.25, 0.3) is 10.0 Å². The highest BCUT2D eigenvalue weighted by atomic mass is 79.9. The van der Waals surface area contributed by atoms with Gasteiger partial charge in [-0.25, -0.2) is 12.8 Å². The maximum Gasteiger partial charge on any atom is 0.263 e. The Morgan fingerprint density at radius 3 is 2.32 bits per heavy atom. The van der Waals surface area contributed by atoms with Gasteiger partial charge in [-0.1, -0.05) is 24.3 Å². The molecule has 0 atom stereocenters. The molecule has 1 N–H and O–H groups in total. The van der Waals surface area contributed by atoms with Gasteiger partial charge in [-0.3, -0.25) is 9.40 Å². The number of nitrogens with zero attached hydrogens (tertiary/aromatic N) is 2. The maximum atomic E-state index is 13.9. The Labute approximate surface area is 172 Å². The summed E-state index contributed by atoms with van der Waals surface area (Å²) < 4.78 is 44.6. The minimum atomic E-state index is -3.84. The average molecular weight is 466 g/mol. The van der Waals surface area contributed by atoms with Crippen LogP contribution in [-0.4, -0.2) is 18.2 Å². The highest BCUT2D eigenvalue weighted by Gasteiger charge is 2.24. The number of aryl methyl sites for hydroxylation is 2. The lowest BCUT2D eigenvalue weighted by Gasteiger charge is -2.16. The van der Waals surface area contributed by atoms with Crippen LogP contribution in [0.4, 0.5) is 10.2 Å². The molecule has 0 aliphatic carbocycles. The largest absolute Gasteiger partial charge is 0.265 e. The number of sulfonamides is 1. The molecule has 1 heterocycles. The molecule has 28 heavy (non-hydrogen) atoms. The fourth-order valence-electron chi connectivity index (χ4n) is 3.11. The van der Waals surface area contributed by atoms with E-state index in [1.807, 2.05) is 19.9 Å². The lowest BCUT2D eigenvalue weighted by Crippen LogP contribution is -2.18. The SMILES string of the molecule is Cc1cc(C)c(C)c(S(=O)(=O)Nc2nn(Cc3ccccc3F)cc2Br)c1C. The number of halogens is 2. The van der Waals surface area contributed by atoms with Crippen molar-refractivity contribution < 1.29 is 12.8 Å². The van der Waals surface area contributed by atoms with Crippen molar-refractivity contribution in [3.8, 4) is 0 Å². The first-order valence-corrected chi connectivity index (χ1v) is 10.9. The third-order valence-electron chi connectivity index (χ3n) is 4.80. The highest BCUT2D eigenvalue weighted by Crippen LogP contribution is 2.29. The second kappa shape index (κ2) is 7.67. The number of anilines is 1. The van der Waals surface area contributed by atoms with Crippen LogP contribution in [0.25, 0.3) is 0 Å². The Kier molecular flexibility index (Phi) is 5.63. The number of hydrogen-bond acceptors (Lipinski definition) is 3. The minimum absolute atomic E-state index is 0.161. The topological polar surface area (TPSA) is 64.0 Å². The second-order valence-electron chi connectivity index (χ2n) is 6.81. The van der Waals surface area contributed by atoms with E-state index < -0.39 is 10.0 Å². The molecule has 0 unspecified atom stereocenters. The molecule has 0 fully saturated rings. The van der Waals surface area contributed by atoms with Crippen LogP contribution in [0.5, 0.6) is 0 Å². The zero-order chi connectivity index (χ0) is 20.6. The molecule has 5 nitrogen and oxygen atoms in total. The molecule has 0 saturated carbocycles. The molecule has 3 rings (SSSR count). The molecule has 0 radical (unpaired) electrons. The van der Waals surface area contributed by atoms with Crippen LogP contribution in [0.15, 0.2) is 45.9 Å². The average Bonchev–Trinajstić information content (AvgIpc) is 2.94. The van der Waals surface area contributed by atoms with Crippen molar-refractivity contribution in [2.24, 2.45) is 0 Å². The summed E-state index contributed by atoms with van der Waals surface area (Å²) in [5, 5.41) is 4.27. The summed E-state index contributed by atoms with van der Waals surface area (Å²) >= 11 is 3.34. The summed E-state index contributed by atoms with van der Waals surface area (Å²) in [5.74, 6) is -0.174. The normalized spacial score (nSPS) is 11.6. The van der Waals surface area contributed by atoms with Crippen molar-refractivity contribution in [1.82, 2.24) is 9.78 Å². The number of rotatable bonds is 5. The molecule has 2 aromatic carbocycles. The van der Waals surface area contributed by atoms with Gasteiger partial charge in [0, 0.05) is 11.8 Å². The van der Waals surface area contributed by atoms with Gasteiger partial charge in [-0.05, 0) is 71.9 Å². The Morgan fingerprint density at radius 1 is 1.11 bits per heavy atom. The van der Waals surface area contributed by atoms with Gasteiger partial charge in [-0.15, -0.1) is 0 Å². The third kappa shape index (κ3) is 3.98. The van der Waals surface area contributed by atoms with E-state index in [4.69, 9.17) is 0 Å². The Balaban J connectivity index is 1.94. The van der Waals surface area contributed by atoms with Gasteiger partial charge in [0.2, 0.25) is 0 Å². The molecule has 148 valence electrons. The fourth-order valence-corrected chi connectivity index (χ4v) is 5.29. The van der Waals surface area contributed by atoms with E-state index >= 15 is 0 Å². The molecule has 3 aromatic rings. The van der Waals surface area contributed by atoms with Gasteiger partial charge < -0.3 is 0 Å². The van der Waals surface area contributed by atoms with Crippen molar-refractivity contribution in [2.75, 3.05) is 4.72 Å². The van der Waals surface area contributed by atoms with Gasteiger partial charge in [0.15, 0.2) is 5.82 Å². The molecule has 0 saturated heterocycles. The van der Waals surface area contributed by atoms with Crippen LogP contribution in [0.2, 0.25) is 0 Å². The van der Waals surface area contributed by atoms with Gasteiger partial charge in [-0.2, -0.15) is 5.10 Å². The minimum Gasteiger partial charge on any atom is -0.265 e. The van der Waals surface area contributed by atoms with E-state index in [-0.39, 0.29) is 23.1 Å². The fraction of sp³-hybridized carbons (Fsp3) is 0.250. The van der Waals surface area contributed by atoms with Crippen molar-refractivity contribution in [1.29, 1.82) is 0 Å². The lowest BCUT2D eigenvalue weighted by atomic mass is 10.0. The summed E-state index contributed by atoms with van der Waals surface area (Å²) in [4.78, 5) is 0.264. The summed E-state index contributed by atoms with van der Waals surface area (Å²) in [6, 6.07) is 8.38. The van der Waals surface area contributed by atoms with Gasteiger partial charge in [0.05, 0.1) is 15.9 Å². The summed E-state index contributed by atoms with van der Waals surface area (Å²) in [6.07, 6.45) is 1.62. The number of aromatic nitrogens is 2. The van der Waals surface area contributed by atoms with Crippen LogP contribution in [0.1, 0.15) is 27.8 Å². The van der Waals surface area contributed by atoms with Crippen molar-refractivity contribution >= 4 is 31.8 Å². The van der Waals surface area contributed by atoms with Crippen molar-refractivity contribution in [3.05, 3.63) is 74.6 Å². The molecular formula is C20H21BrFN3O2S. The Morgan fingerprint density at radius 2 is 1.71 bits per heavy atom. The molecule has 0 aliphatic heterocycles. The van der Waals surface area contributed by atoms with Gasteiger partial charge >= 0.3 is 0 Å². The van der Waals surface area contributed by atoms with E-state index in [0.717, 1.165) is 11.1 Å². The van der Waals surface area contributed by atoms with Crippen LogP contribution in [-0.2, 0) is 16.6 Å². The van der Waals surface area contributed by atoms with Crippen LogP contribution < -0.4 is 4.72 Å². The van der Waals surface area contributed by atoms with E-state index in [1.54, 1.807) is 38.2 Å². The molecule has 0 amide bonds. The Bertz CT molecular complexity index is 1130. The summed E-state index contributed by atoms with van der Waals surface area (Å²) in [6.45, 7) is 7.55. The van der Waals surface area contributed by atoms with Crippen LogP contribution >= 0.6 is 15.9 Å². The number of benzene rings is 2. The van der Waals surface area contributed by atoms with E-state index in [2.05, 4.69) is 25.8 Å². The monoisotopic (exact) mass is 465 g/mol. The van der Waals surface area contributed by atoms with Crippen LogP contribution in [0, 0.1) is 33.5 Å². The van der Waals surface area contributed by atoms with E-state index in [9.17, 15) is 12.8 Å². The molecule has 8 heteroatoms. The first-order chi connectivity index (χ1) is 13.1. The molecule has 1 aromatic heterocycles. The molecular weight excluding hydrogens is 445 g/mol. The van der Waals surface area contributed by atoms with Gasteiger partial charge in [0.1, 0.15) is 5.82 Å². The number of hydrogen-bond donors (Lipinski definition) is 1. The van der Waals surface area contributed by atoms with E-state index in [1.165, 1.54) is 10.7 Å². The summed E-state index contributed by atoms with van der Waals surface area (Å²) in [7, 11) is -3.84. The second-order valence-corrected chi connectivity index (χ2v) is 9.28. The van der Waals surface area contributed by atoms with Crippen molar-refractivity contribution in [3.63, 3.8) is 0 Å². The predicted molar refractivity (Wildman–Crippen MR) is 112 cm³/mol. The quantitative estimate of drug-likeness (QED) is 0.584.